The largest absolute Gasteiger partial charge is 0.324 e. The van der Waals surface area contributed by atoms with Gasteiger partial charge < -0.3 is 5.32 Å². The van der Waals surface area contributed by atoms with Crippen LogP contribution in [0.1, 0.15) is 22.3 Å². The van der Waals surface area contributed by atoms with Gasteiger partial charge in [0.2, 0.25) is 5.91 Å². The number of anilines is 2. The van der Waals surface area contributed by atoms with Crippen LogP contribution >= 0.6 is 0 Å². The fourth-order valence-corrected chi connectivity index (χ4v) is 4.72. The summed E-state index contributed by atoms with van der Waals surface area (Å²) in [5, 5.41) is 13.8. The second kappa shape index (κ2) is 9.41. The SMILES string of the molecule is Cc1ccc(S(=O)(=O)N(CC(=O)Nc2cccc([N+](=O)[O-])c2C)c2ccc(C)c(C)c2)cc1. The Bertz CT molecular complexity index is 1320. The van der Waals surface area contributed by atoms with Gasteiger partial charge in [-0.3, -0.25) is 19.2 Å². The zero-order chi connectivity index (χ0) is 24.3. The molecule has 33 heavy (non-hydrogen) atoms. The maximum absolute atomic E-state index is 13.5. The molecule has 0 unspecified atom stereocenters. The number of amides is 1. The first kappa shape index (κ1) is 23.9. The molecule has 1 N–H and O–H groups in total. The first-order valence-electron chi connectivity index (χ1n) is 10.2. The zero-order valence-electron chi connectivity index (χ0n) is 18.8. The molecule has 0 aromatic heterocycles. The molecule has 0 aliphatic rings. The quantitative estimate of drug-likeness (QED) is 0.401. The van der Waals surface area contributed by atoms with E-state index in [9.17, 15) is 23.3 Å². The predicted octanol–water partition coefficient (Wildman–Crippen LogP) is 4.66. The van der Waals surface area contributed by atoms with Crippen molar-refractivity contribution in [1.29, 1.82) is 0 Å². The molecular weight excluding hydrogens is 442 g/mol. The summed E-state index contributed by atoms with van der Waals surface area (Å²) < 4.78 is 28.0. The Kier molecular flexibility index (Phi) is 6.83. The van der Waals surface area contributed by atoms with Gasteiger partial charge in [0, 0.05) is 6.07 Å². The number of hydrogen-bond acceptors (Lipinski definition) is 5. The smallest absolute Gasteiger partial charge is 0.274 e. The number of nitro benzene ring substituents is 1. The third kappa shape index (κ3) is 5.20. The molecule has 172 valence electrons. The van der Waals surface area contributed by atoms with Gasteiger partial charge in [0.25, 0.3) is 15.7 Å². The summed E-state index contributed by atoms with van der Waals surface area (Å²) in [7, 11) is -4.06. The fourth-order valence-electron chi connectivity index (χ4n) is 3.31. The van der Waals surface area contributed by atoms with Crippen molar-refractivity contribution in [2.45, 2.75) is 32.6 Å². The summed E-state index contributed by atoms with van der Waals surface area (Å²) in [5.74, 6) is -0.618. The minimum absolute atomic E-state index is 0.0608. The molecule has 0 saturated heterocycles. The van der Waals surface area contributed by atoms with Crippen LogP contribution in [-0.4, -0.2) is 25.8 Å². The van der Waals surface area contributed by atoms with Crippen molar-refractivity contribution in [2.24, 2.45) is 0 Å². The van der Waals surface area contributed by atoms with E-state index < -0.39 is 27.4 Å². The standard InChI is InChI=1S/C24H25N3O5S/c1-16-8-12-21(13-9-16)33(31,32)26(20-11-10-17(2)18(3)14-20)15-24(28)25-22-6-5-7-23(19(22)4)27(29)30/h5-14H,15H2,1-4H3,(H,25,28). The molecule has 3 aromatic rings. The number of rotatable bonds is 7. The lowest BCUT2D eigenvalue weighted by Crippen LogP contribution is -2.38. The van der Waals surface area contributed by atoms with Gasteiger partial charge in [0.1, 0.15) is 6.54 Å². The summed E-state index contributed by atoms with van der Waals surface area (Å²) in [5.41, 5.74) is 3.54. The van der Waals surface area contributed by atoms with Crippen LogP contribution in [0.25, 0.3) is 0 Å². The van der Waals surface area contributed by atoms with Crippen molar-refractivity contribution in [2.75, 3.05) is 16.2 Å². The normalized spacial score (nSPS) is 11.2. The molecule has 3 rings (SSSR count). The number of hydrogen-bond donors (Lipinski definition) is 1. The summed E-state index contributed by atoms with van der Waals surface area (Å²) in [6, 6.07) is 15.9. The molecule has 0 fully saturated rings. The first-order chi connectivity index (χ1) is 15.5. The van der Waals surface area contributed by atoms with E-state index in [4.69, 9.17) is 0 Å². The third-order valence-corrected chi connectivity index (χ3v) is 7.24. The highest BCUT2D eigenvalue weighted by atomic mass is 32.2. The fraction of sp³-hybridized carbons (Fsp3) is 0.208. The molecule has 1 amide bonds. The van der Waals surface area contributed by atoms with Gasteiger partial charge in [-0.2, -0.15) is 0 Å². The van der Waals surface area contributed by atoms with Crippen LogP contribution in [0.4, 0.5) is 17.1 Å². The third-order valence-electron chi connectivity index (χ3n) is 5.45. The Morgan fingerprint density at radius 1 is 0.970 bits per heavy atom. The highest BCUT2D eigenvalue weighted by Gasteiger charge is 2.28. The van der Waals surface area contributed by atoms with E-state index in [0.29, 0.717) is 5.69 Å². The van der Waals surface area contributed by atoms with Crippen molar-refractivity contribution in [3.63, 3.8) is 0 Å². The van der Waals surface area contributed by atoms with Crippen LogP contribution in [0.2, 0.25) is 0 Å². The molecule has 0 atom stereocenters. The number of nitrogens with one attached hydrogen (secondary N) is 1. The van der Waals surface area contributed by atoms with Gasteiger partial charge in [0.15, 0.2) is 0 Å². The Morgan fingerprint density at radius 2 is 1.64 bits per heavy atom. The Morgan fingerprint density at radius 3 is 2.24 bits per heavy atom. The maximum Gasteiger partial charge on any atom is 0.274 e. The number of carbonyl (C=O) groups is 1. The number of benzene rings is 3. The van der Waals surface area contributed by atoms with Gasteiger partial charge in [0.05, 0.1) is 26.8 Å². The number of carbonyl (C=O) groups excluding carboxylic acids is 1. The van der Waals surface area contributed by atoms with Gasteiger partial charge in [-0.1, -0.05) is 29.8 Å². The Hall–Kier alpha value is -3.72. The van der Waals surface area contributed by atoms with Gasteiger partial charge in [-0.05, 0) is 69.2 Å². The van der Waals surface area contributed by atoms with E-state index in [1.54, 1.807) is 30.3 Å². The van der Waals surface area contributed by atoms with Crippen molar-refractivity contribution in [3.8, 4) is 0 Å². The molecule has 0 radical (unpaired) electrons. The minimum Gasteiger partial charge on any atom is -0.324 e. The van der Waals surface area contributed by atoms with Crippen LogP contribution in [-0.2, 0) is 14.8 Å². The number of sulfonamides is 1. The molecule has 0 bridgehead atoms. The summed E-state index contributed by atoms with van der Waals surface area (Å²) >= 11 is 0. The molecule has 0 spiro atoms. The van der Waals surface area contributed by atoms with Crippen LogP contribution in [0.3, 0.4) is 0 Å². The maximum atomic E-state index is 13.5. The lowest BCUT2D eigenvalue weighted by molar-refractivity contribution is -0.385. The van der Waals surface area contributed by atoms with Crippen molar-refractivity contribution in [3.05, 3.63) is 93.0 Å². The van der Waals surface area contributed by atoms with Crippen LogP contribution in [0.15, 0.2) is 65.6 Å². The molecule has 0 aliphatic heterocycles. The van der Waals surface area contributed by atoms with E-state index in [1.165, 1.54) is 37.3 Å². The van der Waals surface area contributed by atoms with Crippen molar-refractivity contribution >= 4 is 33.0 Å². The average Bonchev–Trinajstić information content (AvgIpc) is 2.75. The summed E-state index contributed by atoms with van der Waals surface area (Å²) in [6.45, 7) is 6.66. The van der Waals surface area contributed by atoms with E-state index in [2.05, 4.69) is 5.32 Å². The van der Waals surface area contributed by atoms with Gasteiger partial charge >= 0.3 is 0 Å². The second-order valence-corrected chi connectivity index (χ2v) is 9.71. The average molecular weight is 468 g/mol. The predicted molar refractivity (Wildman–Crippen MR) is 128 cm³/mol. The molecule has 0 saturated carbocycles. The molecule has 9 heteroatoms. The highest BCUT2D eigenvalue weighted by molar-refractivity contribution is 7.92. The molecule has 8 nitrogen and oxygen atoms in total. The molecule has 3 aromatic carbocycles. The number of nitrogens with zero attached hydrogens (tertiary/aromatic N) is 2. The van der Waals surface area contributed by atoms with Gasteiger partial charge in [-0.25, -0.2) is 8.42 Å². The van der Waals surface area contributed by atoms with Crippen molar-refractivity contribution < 1.29 is 18.1 Å². The zero-order valence-corrected chi connectivity index (χ0v) is 19.6. The van der Waals surface area contributed by atoms with E-state index in [-0.39, 0.29) is 21.8 Å². The lowest BCUT2D eigenvalue weighted by Gasteiger charge is -2.25. The second-order valence-electron chi connectivity index (χ2n) is 7.85. The molecule has 0 heterocycles. The topological polar surface area (TPSA) is 110 Å². The lowest BCUT2D eigenvalue weighted by atomic mass is 10.1. The summed E-state index contributed by atoms with van der Waals surface area (Å²) in [4.78, 5) is 23.7. The highest BCUT2D eigenvalue weighted by Crippen LogP contribution is 2.28. The van der Waals surface area contributed by atoms with E-state index in [1.807, 2.05) is 20.8 Å². The van der Waals surface area contributed by atoms with Crippen LogP contribution in [0.5, 0.6) is 0 Å². The minimum atomic E-state index is -4.06. The van der Waals surface area contributed by atoms with E-state index >= 15 is 0 Å². The van der Waals surface area contributed by atoms with E-state index in [0.717, 1.165) is 21.0 Å². The molecular formula is C24H25N3O5S. The number of nitro groups is 1. The number of aryl methyl sites for hydroxylation is 3. The first-order valence-corrected chi connectivity index (χ1v) is 11.6. The summed E-state index contributed by atoms with van der Waals surface area (Å²) in [6.07, 6.45) is 0. The monoisotopic (exact) mass is 467 g/mol. The Balaban J connectivity index is 1.99. The molecule has 0 aliphatic carbocycles. The van der Waals surface area contributed by atoms with Crippen LogP contribution in [0, 0.1) is 37.8 Å². The Labute approximate surface area is 193 Å². The van der Waals surface area contributed by atoms with Gasteiger partial charge in [-0.15, -0.1) is 0 Å². The van der Waals surface area contributed by atoms with Crippen molar-refractivity contribution in [1.82, 2.24) is 0 Å². The van der Waals surface area contributed by atoms with Crippen LogP contribution < -0.4 is 9.62 Å².